The quantitative estimate of drug-likeness (QED) is 0.762. The average molecular weight is 244 g/mol. The highest BCUT2D eigenvalue weighted by Crippen LogP contribution is 2.08. The molecule has 0 radical (unpaired) electrons. The molecule has 1 atom stereocenters. The first-order valence-electron chi connectivity index (χ1n) is 4.93. The number of carbonyl (C=O) groups is 1. The van der Waals surface area contributed by atoms with E-state index in [9.17, 15) is 13.2 Å². The van der Waals surface area contributed by atoms with E-state index < -0.39 is 15.1 Å². The standard InChI is InChI=1S/C10H16N2O3S/c1-7-5-9(12(3)11-7)6-10(13)8(2)16(4,14)15/h5,8H,6H2,1-4H3. The highest BCUT2D eigenvalue weighted by molar-refractivity contribution is 7.92. The molecular weight excluding hydrogens is 228 g/mol. The fraction of sp³-hybridized carbons (Fsp3) is 0.600. The largest absolute Gasteiger partial charge is 0.298 e. The van der Waals surface area contributed by atoms with Crippen molar-refractivity contribution in [3.05, 3.63) is 17.5 Å². The second-order valence-corrected chi connectivity index (χ2v) is 6.38. The Balaban J connectivity index is 2.84. The lowest BCUT2D eigenvalue weighted by atomic mass is 10.1. The van der Waals surface area contributed by atoms with Crippen molar-refractivity contribution in [1.29, 1.82) is 0 Å². The molecule has 5 nitrogen and oxygen atoms in total. The summed E-state index contributed by atoms with van der Waals surface area (Å²) in [4.78, 5) is 11.7. The minimum atomic E-state index is -3.31. The molecule has 0 saturated carbocycles. The van der Waals surface area contributed by atoms with Gasteiger partial charge in [0.1, 0.15) is 5.25 Å². The lowest BCUT2D eigenvalue weighted by Gasteiger charge is -2.07. The van der Waals surface area contributed by atoms with Gasteiger partial charge in [0.15, 0.2) is 15.6 Å². The van der Waals surface area contributed by atoms with E-state index in [4.69, 9.17) is 0 Å². The van der Waals surface area contributed by atoms with Crippen LogP contribution in [0, 0.1) is 6.92 Å². The topological polar surface area (TPSA) is 69.0 Å². The Bertz CT molecular complexity index is 502. The van der Waals surface area contributed by atoms with E-state index in [2.05, 4.69) is 5.10 Å². The number of ketones is 1. The second-order valence-electron chi connectivity index (χ2n) is 4.02. The normalized spacial score (nSPS) is 13.8. The number of aryl methyl sites for hydroxylation is 2. The lowest BCUT2D eigenvalue weighted by Crippen LogP contribution is -2.28. The van der Waals surface area contributed by atoms with Crippen molar-refractivity contribution in [3.63, 3.8) is 0 Å². The van der Waals surface area contributed by atoms with E-state index in [1.165, 1.54) is 6.92 Å². The SMILES string of the molecule is Cc1cc(CC(=O)C(C)S(C)(=O)=O)n(C)n1. The Morgan fingerprint density at radius 3 is 2.50 bits per heavy atom. The van der Waals surface area contributed by atoms with Crippen LogP contribution in [0.25, 0.3) is 0 Å². The van der Waals surface area contributed by atoms with Crippen molar-refractivity contribution in [2.75, 3.05) is 6.26 Å². The van der Waals surface area contributed by atoms with E-state index in [1.807, 2.05) is 6.92 Å². The molecule has 0 fully saturated rings. The summed E-state index contributed by atoms with van der Waals surface area (Å²) in [5.74, 6) is -0.300. The van der Waals surface area contributed by atoms with Crippen molar-refractivity contribution in [3.8, 4) is 0 Å². The number of hydrogen-bond acceptors (Lipinski definition) is 4. The highest BCUT2D eigenvalue weighted by Gasteiger charge is 2.24. The van der Waals surface area contributed by atoms with E-state index in [0.29, 0.717) is 0 Å². The third kappa shape index (κ3) is 2.91. The minimum absolute atomic E-state index is 0.103. The fourth-order valence-electron chi connectivity index (χ4n) is 1.39. The predicted molar refractivity (Wildman–Crippen MR) is 61.0 cm³/mol. The van der Waals surface area contributed by atoms with Gasteiger partial charge < -0.3 is 0 Å². The smallest absolute Gasteiger partial charge is 0.157 e. The molecule has 0 aliphatic rings. The van der Waals surface area contributed by atoms with Gasteiger partial charge in [-0.15, -0.1) is 0 Å². The van der Waals surface area contributed by atoms with Gasteiger partial charge >= 0.3 is 0 Å². The van der Waals surface area contributed by atoms with Crippen molar-refractivity contribution >= 4 is 15.6 Å². The molecule has 16 heavy (non-hydrogen) atoms. The van der Waals surface area contributed by atoms with E-state index in [1.54, 1.807) is 17.8 Å². The molecule has 0 aliphatic carbocycles. The molecule has 1 rings (SSSR count). The zero-order valence-electron chi connectivity index (χ0n) is 9.89. The molecule has 0 bridgehead atoms. The number of rotatable bonds is 4. The van der Waals surface area contributed by atoms with Crippen molar-refractivity contribution < 1.29 is 13.2 Å². The Hall–Kier alpha value is -1.17. The van der Waals surface area contributed by atoms with E-state index in [-0.39, 0.29) is 12.2 Å². The van der Waals surface area contributed by atoms with Crippen molar-refractivity contribution in [1.82, 2.24) is 9.78 Å². The first-order chi connectivity index (χ1) is 7.21. The van der Waals surface area contributed by atoms with Crippen LogP contribution in [0.1, 0.15) is 18.3 Å². The molecular formula is C10H16N2O3S. The molecule has 1 unspecified atom stereocenters. The summed E-state index contributed by atoms with van der Waals surface area (Å²) >= 11 is 0. The van der Waals surface area contributed by atoms with Gasteiger partial charge in [-0.3, -0.25) is 9.48 Å². The summed E-state index contributed by atoms with van der Waals surface area (Å²) in [5, 5.41) is 3.14. The highest BCUT2D eigenvalue weighted by atomic mass is 32.2. The number of carbonyl (C=O) groups excluding carboxylic acids is 1. The molecule has 6 heteroatoms. The van der Waals surface area contributed by atoms with Gasteiger partial charge in [-0.05, 0) is 19.9 Å². The van der Waals surface area contributed by atoms with Gasteiger partial charge in [0.05, 0.1) is 5.69 Å². The first-order valence-corrected chi connectivity index (χ1v) is 6.88. The Morgan fingerprint density at radius 1 is 1.56 bits per heavy atom. The van der Waals surface area contributed by atoms with Crippen LogP contribution in [0.4, 0.5) is 0 Å². The maximum atomic E-state index is 11.7. The van der Waals surface area contributed by atoms with Crippen LogP contribution >= 0.6 is 0 Å². The first kappa shape index (κ1) is 12.9. The van der Waals surface area contributed by atoms with Gasteiger partial charge in [-0.25, -0.2) is 8.42 Å². The van der Waals surface area contributed by atoms with Crippen LogP contribution < -0.4 is 0 Å². The fourth-order valence-corrected chi connectivity index (χ4v) is 1.95. The van der Waals surface area contributed by atoms with Crippen LogP contribution in [-0.2, 0) is 28.1 Å². The number of Topliss-reactive ketones (excluding diaryl/α,β-unsaturated/α-hetero) is 1. The maximum Gasteiger partial charge on any atom is 0.157 e. The summed E-state index contributed by atoms with van der Waals surface area (Å²) < 4.78 is 24.0. The molecule has 0 saturated heterocycles. The number of aromatic nitrogens is 2. The molecule has 0 amide bonds. The second kappa shape index (κ2) is 4.37. The van der Waals surface area contributed by atoms with Gasteiger partial charge in [-0.1, -0.05) is 0 Å². The molecule has 1 aromatic rings. The van der Waals surface area contributed by atoms with Crippen LogP contribution in [0.15, 0.2) is 6.07 Å². The Morgan fingerprint density at radius 2 is 2.12 bits per heavy atom. The average Bonchev–Trinajstić information content (AvgIpc) is 2.42. The predicted octanol–water partition coefficient (Wildman–Crippen LogP) is 0.273. The van der Waals surface area contributed by atoms with Gasteiger partial charge in [-0.2, -0.15) is 5.10 Å². The molecule has 1 heterocycles. The van der Waals surface area contributed by atoms with Crippen LogP contribution in [0.3, 0.4) is 0 Å². The zero-order valence-corrected chi connectivity index (χ0v) is 10.7. The summed E-state index contributed by atoms with van der Waals surface area (Å²) in [6, 6.07) is 1.78. The van der Waals surface area contributed by atoms with Crippen LogP contribution in [-0.4, -0.2) is 35.5 Å². The Kier molecular flexibility index (Phi) is 3.52. The lowest BCUT2D eigenvalue weighted by molar-refractivity contribution is -0.117. The third-order valence-electron chi connectivity index (χ3n) is 2.55. The molecule has 1 aromatic heterocycles. The van der Waals surface area contributed by atoms with Gasteiger partial charge in [0.25, 0.3) is 0 Å². The summed E-state index contributed by atoms with van der Waals surface area (Å²) in [7, 11) is -1.57. The third-order valence-corrected chi connectivity index (χ3v) is 4.10. The summed E-state index contributed by atoms with van der Waals surface area (Å²) in [6.45, 7) is 3.24. The summed E-state index contributed by atoms with van der Waals surface area (Å²) in [6.07, 6.45) is 1.18. The number of nitrogens with zero attached hydrogens (tertiary/aromatic N) is 2. The molecule has 0 spiro atoms. The summed E-state index contributed by atoms with van der Waals surface area (Å²) in [5.41, 5.74) is 1.55. The van der Waals surface area contributed by atoms with Crippen LogP contribution in [0.2, 0.25) is 0 Å². The monoisotopic (exact) mass is 244 g/mol. The van der Waals surface area contributed by atoms with E-state index >= 15 is 0 Å². The minimum Gasteiger partial charge on any atom is -0.298 e. The molecule has 0 aromatic carbocycles. The number of sulfone groups is 1. The Labute approximate surface area is 95.4 Å². The van der Waals surface area contributed by atoms with Gasteiger partial charge in [0, 0.05) is 25.4 Å². The molecule has 0 aliphatic heterocycles. The van der Waals surface area contributed by atoms with Crippen LogP contribution in [0.5, 0.6) is 0 Å². The number of hydrogen-bond donors (Lipinski definition) is 0. The van der Waals surface area contributed by atoms with Crippen molar-refractivity contribution in [2.45, 2.75) is 25.5 Å². The van der Waals surface area contributed by atoms with Crippen molar-refractivity contribution in [2.24, 2.45) is 7.05 Å². The molecule has 0 N–H and O–H groups in total. The zero-order chi connectivity index (χ0) is 12.5. The molecule has 90 valence electrons. The van der Waals surface area contributed by atoms with Gasteiger partial charge in [0.2, 0.25) is 0 Å². The van der Waals surface area contributed by atoms with E-state index in [0.717, 1.165) is 17.6 Å². The maximum absolute atomic E-state index is 11.7.